The first-order valence-electron chi connectivity index (χ1n) is 7.03. The van der Waals surface area contributed by atoms with Crippen LogP contribution in [0.1, 0.15) is 36.9 Å². The number of rotatable bonds is 3. The summed E-state index contributed by atoms with van der Waals surface area (Å²) in [4.78, 5) is 0. The first-order valence-corrected chi connectivity index (χ1v) is 7.82. The van der Waals surface area contributed by atoms with E-state index in [1.165, 1.54) is 5.56 Å². The Hall–Kier alpha value is -0.580. The van der Waals surface area contributed by atoms with Gasteiger partial charge in [0.1, 0.15) is 5.75 Å². The lowest BCUT2D eigenvalue weighted by Crippen LogP contribution is -2.28. The predicted octanol–water partition coefficient (Wildman–Crippen LogP) is 3.20. The van der Waals surface area contributed by atoms with Crippen molar-refractivity contribution in [1.82, 2.24) is 0 Å². The van der Waals surface area contributed by atoms with E-state index in [1.807, 2.05) is 0 Å². The molecular formula is C15H20BrNO2. The van der Waals surface area contributed by atoms with Crippen LogP contribution in [0.15, 0.2) is 16.6 Å². The molecule has 3 rings (SSSR count). The Kier molecular flexibility index (Phi) is 3.83. The lowest BCUT2D eigenvalue weighted by molar-refractivity contribution is 0.0811. The average Bonchev–Trinajstić information content (AvgIpc) is 3.04. The zero-order valence-electron chi connectivity index (χ0n) is 11.2. The van der Waals surface area contributed by atoms with Crippen molar-refractivity contribution < 1.29 is 9.47 Å². The monoisotopic (exact) mass is 325 g/mol. The highest BCUT2D eigenvalue weighted by atomic mass is 79.9. The normalized spacial score (nSPS) is 27.1. The summed E-state index contributed by atoms with van der Waals surface area (Å²) in [6.45, 7) is 3.76. The Labute approximate surface area is 122 Å². The first-order chi connectivity index (χ1) is 9.20. The van der Waals surface area contributed by atoms with Crippen LogP contribution < -0.4 is 10.5 Å². The highest BCUT2D eigenvalue weighted by molar-refractivity contribution is 9.10. The SMILES string of the molecule is CCC1OCCC1C(N)c1cc(Br)cc2c1OCC2. The molecule has 3 atom stereocenters. The second kappa shape index (κ2) is 5.43. The Morgan fingerprint density at radius 1 is 1.42 bits per heavy atom. The second-order valence-electron chi connectivity index (χ2n) is 5.38. The van der Waals surface area contributed by atoms with E-state index in [2.05, 4.69) is 35.0 Å². The quantitative estimate of drug-likeness (QED) is 0.928. The molecule has 0 saturated carbocycles. The molecule has 2 aliphatic heterocycles. The van der Waals surface area contributed by atoms with Gasteiger partial charge in [0, 0.05) is 35.0 Å². The van der Waals surface area contributed by atoms with Crippen molar-refractivity contribution in [2.24, 2.45) is 11.7 Å². The molecule has 2 aliphatic rings. The zero-order chi connectivity index (χ0) is 13.4. The van der Waals surface area contributed by atoms with Crippen molar-refractivity contribution in [1.29, 1.82) is 0 Å². The molecule has 1 fully saturated rings. The molecule has 3 unspecified atom stereocenters. The van der Waals surface area contributed by atoms with Crippen LogP contribution in [0.25, 0.3) is 0 Å². The summed E-state index contributed by atoms with van der Waals surface area (Å²) in [5, 5.41) is 0. The lowest BCUT2D eigenvalue weighted by Gasteiger charge is -2.25. The van der Waals surface area contributed by atoms with Gasteiger partial charge in [0.15, 0.2) is 0 Å². The summed E-state index contributed by atoms with van der Waals surface area (Å²) in [5.41, 5.74) is 8.93. The van der Waals surface area contributed by atoms with Crippen LogP contribution in [0.2, 0.25) is 0 Å². The number of hydrogen-bond donors (Lipinski definition) is 1. The second-order valence-corrected chi connectivity index (χ2v) is 6.29. The van der Waals surface area contributed by atoms with Crippen LogP contribution in [-0.2, 0) is 11.2 Å². The van der Waals surface area contributed by atoms with Gasteiger partial charge in [-0.3, -0.25) is 0 Å². The van der Waals surface area contributed by atoms with E-state index in [-0.39, 0.29) is 12.1 Å². The summed E-state index contributed by atoms with van der Waals surface area (Å²) in [7, 11) is 0. The highest BCUT2D eigenvalue weighted by Crippen LogP contribution is 2.41. The minimum atomic E-state index is -0.00296. The summed E-state index contributed by atoms with van der Waals surface area (Å²) in [5.74, 6) is 1.41. The summed E-state index contributed by atoms with van der Waals surface area (Å²) in [6, 6.07) is 4.25. The van der Waals surface area contributed by atoms with Crippen LogP contribution in [0.5, 0.6) is 5.75 Å². The van der Waals surface area contributed by atoms with Gasteiger partial charge >= 0.3 is 0 Å². The third-order valence-corrected chi connectivity index (χ3v) is 4.72. The lowest BCUT2D eigenvalue weighted by atomic mass is 9.86. The van der Waals surface area contributed by atoms with Gasteiger partial charge in [-0.1, -0.05) is 22.9 Å². The molecule has 19 heavy (non-hydrogen) atoms. The fourth-order valence-corrected chi connectivity index (χ4v) is 3.80. The molecule has 1 aromatic rings. The van der Waals surface area contributed by atoms with Crippen LogP contribution in [0.4, 0.5) is 0 Å². The number of benzene rings is 1. The van der Waals surface area contributed by atoms with Gasteiger partial charge in [0.2, 0.25) is 0 Å². The summed E-state index contributed by atoms with van der Waals surface area (Å²) >= 11 is 3.58. The van der Waals surface area contributed by atoms with Crippen LogP contribution in [0, 0.1) is 5.92 Å². The number of ether oxygens (including phenoxy) is 2. The van der Waals surface area contributed by atoms with Crippen LogP contribution in [-0.4, -0.2) is 19.3 Å². The summed E-state index contributed by atoms with van der Waals surface area (Å²) < 4.78 is 12.7. The number of halogens is 1. The van der Waals surface area contributed by atoms with Crippen LogP contribution >= 0.6 is 15.9 Å². The number of hydrogen-bond acceptors (Lipinski definition) is 3. The maximum atomic E-state index is 6.53. The molecule has 104 valence electrons. The molecule has 0 amide bonds. The van der Waals surface area contributed by atoms with Crippen molar-refractivity contribution in [2.45, 2.75) is 38.3 Å². The number of fused-ring (bicyclic) bond motifs is 1. The zero-order valence-corrected chi connectivity index (χ0v) is 12.8. The fourth-order valence-electron chi connectivity index (χ4n) is 3.27. The van der Waals surface area contributed by atoms with E-state index in [0.29, 0.717) is 5.92 Å². The minimum Gasteiger partial charge on any atom is -0.493 e. The van der Waals surface area contributed by atoms with Gasteiger partial charge in [-0.05, 0) is 30.5 Å². The van der Waals surface area contributed by atoms with E-state index in [0.717, 1.165) is 48.3 Å². The Bertz CT molecular complexity index is 477. The van der Waals surface area contributed by atoms with Gasteiger partial charge in [0.05, 0.1) is 12.7 Å². The van der Waals surface area contributed by atoms with E-state index in [9.17, 15) is 0 Å². The van der Waals surface area contributed by atoms with Gasteiger partial charge < -0.3 is 15.2 Å². The molecular weight excluding hydrogens is 306 g/mol. The number of nitrogens with two attached hydrogens (primary N) is 1. The molecule has 2 N–H and O–H groups in total. The summed E-state index contributed by atoms with van der Waals surface area (Å²) in [6.07, 6.45) is 3.33. The average molecular weight is 326 g/mol. The van der Waals surface area contributed by atoms with Gasteiger partial charge in [-0.25, -0.2) is 0 Å². The molecule has 1 aromatic carbocycles. The topological polar surface area (TPSA) is 44.5 Å². The van der Waals surface area contributed by atoms with Crippen molar-refractivity contribution in [2.75, 3.05) is 13.2 Å². The predicted molar refractivity (Wildman–Crippen MR) is 78.4 cm³/mol. The minimum absolute atomic E-state index is 0.00296. The van der Waals surface area contributed by atoms with Gasteiger partial charge in [-0.15, -0.1) is 0 Å². The molecule has 0 aromatic heterocycles. The molecule has 2 heterocycles. The van der Waals surface area contributed by atoms with Crippen molar-refractivity contribution in [3.63, 3.8) is 0 Å². The molecule has 0 bridgehead atoms. The molecule has 4 heteroatoms. The molecule has 0 spiro atoms. The Balaban J connectivity index is 1.93. The molecule has 0 radical (unpaired) electrons. The van der Waals surface area contributed by atoms with Crippen molar-refractivity contribution in [3.8, 4) is 5.75 Å². The van der Waals surface area contributed by atoms with Crippen molar-refractivity contribution >= 4 is 15.9 Å². The maximum absolute atomic E-state index is 6.53. The smallest absolute Gasteiger partial charge is 0.127 e. The van der Waals surface area contributed by atoms with Crippen LogP contribution in [0.3, 0.4) is 0 Å². The third-order valence-electron chi connectivity index (χ3n) is 4.26. The Morgan fingerprint density at radius 2 is 2.26 bits per heavy atom. The van der Waals surface area contributed by atoms with Crippen molar-refractivity contribution in [3.05, 3.63) is 27.7 Å². The highest BCUT2D eigenvalue weighted by Gasteiger charge is 2.35. The van der Waals surface area contributed by atoms with E-state index < -0.39 is 0 Å². The van der Waals surface area contributed by atoms with E-state index in [4.69, 9.17) is 15.2 Å². The largest absolute Gasteiger partial charge is 0.493 e. The van der Waals surface area contributed by atoms with Gasteiger partial charge in [-0.2, -0.15) is 0 Å². The standard InChI is InChI=1S/C15H20BrNO2/c1-2-13-11(4-6-18-13)14(17)12-8-10(16)7-9-3-5-19-15(9)12/h7-8,11,13-14H,2-6,17H2,1H3. The van der Waals surface area contributed by atoms with E-state index >= 15 is 0 Å². The molecule has 1 saturated heterocycles. The maximum Gasteiger partial charge on any atom is 0.127 e. The Morgan fingerprint density at radius 3 is 3.05 bits per heavy atom. The molecule has 3 nitrogen and oxygen atoms in total. The molecule has 0 aliphatic carbocycles. The third kappa shape index (κ3) is 2.41. The van der Waals surface area contributed by atoms with E-state index in [1.54, 1.807) is 0 Å². The fraction of sp³-hybridized carbons (Fsp3) is 0.600. The van der Waals surface area contributed by atoms with Gasteiger partial charge in [0.25, 0.3) is 0 Å². The first kappa shape index (κ1) is 13.4.